The third-order valence-electron chi connectivity index (χ3n) is 7.93. The third kappa shape index (κ3) is 5.38. The average Bonchev–Trinajstić information content (AvgIpc) is 3.45. The smallest absolute Gasteiger partial charge is 0.259 e. The van der Waals surface area contributed by atoms with Crippen LogP contribution >= 0.6 is 0 Å². The molecule has 4 aromatic rings. The highest BCUT2D eigenvalue weighted by Gasteiger charge is 2.34. The molecule has 2 aromatic heterocycles. The Morgan fingerprint density at radius 2 is 1.90 bits per heavy atom. The first-order valence-electron chi connectivity index (χ1n) is 13.8. The summed E-state index contributed by atoms with van der Waals surface area (Å²) in [5, 5.41) is 23.2. The number of hydrogen-bond acceptors (Lipinski definition) is 6. The fraction of sp³-hybridized carbons (Fsp3) is 0.419. The van der Waals surface area contributed by atoms with E-state index in [2.05, 4.69) is 30.0 Å². The van der Waals surface area contributed by atoms with Crippen LogP contribution in [0.4, 0.5) is 0 Å². The third-order valence-corrected chi connectivity index (χ3v) is 7.93. The summed E-state index contributed by atoms with van der Waals surface area (Å²) in [4.78, 5) is 18.7. The molecular formula is C31H35N5O3. The Bertz CT molecular complexity index is 1540. The maximum absolute atomic E-state index is 14.2. The van der Waals surface area contributed by atoms with Gasteiger partial charge in [0.2, 0.25) is 5.78 Å². The molecule has 202 valence electrons. The zero-order valence-electron chi connectivity index (χ0n) is 22.6. The van der Waals surface area contributed by atoms with Crippen molar-refractivity contribution >= 4 is 5.78 Å². The van der Waals surface area contributed by atoms with Crippen LogP contribution in [0.2, 0.25) is 0 Å². The van der Waals surface area contributed by atoms with Gasteiger partial charge in [0.15, 0.2) is 0 Å². The number of nitriles is 1. The van der Waals surface area contributed by atoms with Crippen LogP contribution in [0.5, 0.6) is 0 Å². The molecule has 1 aliphatic carbocycles. The van der Waals surface area contributed by atoms with E-state index in [1.165, 1.54) is 6.33 Å². The first-order chi connectivity index (χ1) is 19.0. The Morgan fingerprint density at radius 1 is 1.15 bits per heavy atom. The van der Waals surface area contributed by atoms with Crippen molar-refractivity contribution in [1.29, 1.82) is 5.26 Å². The molecule has 0 radical (unpaired) electrons. The molecular weight excluding hydrogens is 490 g/mol. The number of aryl methyl sites for hydroxylation is 1. The van der Waals surface area contributed by atoms with Crippen molar-refractivity contribution in [3.05, 3.63) is 87.6 Å². The van der Waals surface area contributed by atoms with E-state index >= 15 is 0 Å². The minimum absolute atomic E-state index is 0.00253. The van der Waals surface area contributed by atoms with Crippen LogP contribution in [-0.4, -0.2) is 43.1 Å². The van der Waals surface area contributed by atoms with Crippen LogP contribution in [0.3, 0.4) is 0 Å². The van der Waals surface area contributed by atoms with Gasteiger partial charge in [-0.25, -0.2) is 4.52 Å². The Balaban J connectivity index is 1.50. The highest BCUT2D eigenvalue weighted by atomic mass is 16.5. The molecule has 5 rings (SSSR count). The molecule has 0 saturated heterocycles. The summed E-state index contributed by atoms with van der Waals surface area (Å²) in [6.07, 6.45) is 6.86. The predicted molar refractivity (Wildman–Crippen MR) is 150 cm³/mol. The zero-order chi connectivity index (χ0) is 27.4. The highest BCUT2D eigenvalue weighted by Crippen LogP contribution is 2.37. The van der Waals surface area contributed by atoms with E-state index in [4.69, 9.17) is 4.74 Å². The number of ether oxygens (including phenoxy) is 1. The summed E-state index contributed by atoms with van der Waals surface area (Å²) in [5.41, 5.74) is 4.93. The summed E-state index contributed by atoms with van der Waals surface area (Å²) < 4.78 is 9.63. The van der Waals surface area contributed by atoms with Gasteiger partial charge in [-0.15, -0.1) is 0 Å². The van der Waals surface area contributed by atoms with Gasteiger partial charge in [0.1, 0.15) is 6.33 Å². The maximum atomic E-state index is 14.2. The Morgan fingerprint density at radius 3 is 2.59 bits per heavy atom. The van der Waals surface area contributed by atoms with Gasteiger partial charge in [-0.05, 0) is 61.8 Å². The van der Waals surface area contributed by atoms with Crippen molar-refractivity contribution < 1.29 is 9.84 Å². The van der Waals surface area contributed by atoms with Crippen LogP contribution < -0.4 is 5.56 Å². The molecule has 0 amide bonds. The number of fused-ring (bicyclic) bond motifs is 1. The van der Waals surface area contributed by atoms with Crippen LogP contribution in [0.25, 0.3) is 16.9 Å². The molecule has 0 aliphatic heterocycles. The molecule has 1 fully saturated rings. The Kier molecular flexibility index (Phi) is 7.92. The van der Waals surface area contributed by atoms with Gasteiger partial charge in [-0.2, -0.15) is 15.3 Å². The molecule has 0 bridgehead atoms. The molecule has 39 heavy (non-hydrogen) atoms. The van der Waals surface area contributed by atoms with Crippen molar-refractivity contribution in [2.24, 2.45) is 0 Å². The number of aliphatic hydroxyl groups is 1. The minimum atomic E-state index is -0.288. The van der Waals surface area contributed by atoms with Crippen molar-refractivity contribution in [3.63, 3.8) is 0 Å². The van der Waals surface area contributed by atoms with Gasteiger partial charge in [-0.3, -0.25) is 9.36 Å². The average molecular weight is 526 g/mol. The van der Waals surface area contributed by atoms with Gasteiger partial charge in [0.25, 0.3) is 5.56 Å². The predicted octanol–water partition coefficient (Wildman–Crippen LogP) is 4.86. The maximum Gasteiger partial charge on any atom is 0.259 e. The van der Waals surface area contributed by atoms with Crippen LogP contribution in [0.1, 0.15) is 74.4 Å². The van der Waals surface area contributed by atoms with E-state index in [1.807, 2.05) is 57.6 Å². The number of aliphatic hydroxyl groups excluding tert-OH is 1. The second kappa shape index (κ2) is 11.5. The number of rotatable bonds is 9. The van der Waals surface area contributed by atoms with Gasteiger partial charge in [0, 0.05) is 18.0 Å². The zero-order valence-corrected chi connectivity index (χ0v) is 22.6. The monoisotopic (exact) mass is 525 g/mol. The molecule has 1 saturated carbocycles. The van der Waals surface area contributed by atoms with Crippen molar-refractivity contribution in [2.75, 3.05) is 13.2 Å². The summed E-state index contributed by atoms with van der Waals surface area (Å²) >= 11 is 0. The summed E-state index contributed by atoms with van der Waals surface area (Å²) in [6.45, 7) is 4.52. The first-order valence-corrected chi connectivity index (χ1v) is 13.8. The summed E-state index contributed by atoms with van der Waals surface area (Å²) in [5.74, 6) is 0.598. The SMILES string of the molecule is CCCc1c(Cc2ccc(-c3ccccc3C#N)cc2)c(=O)n([C@H]2CC[C@](C)(OCCO)CC2)c2ncnn12. The standard InChI is InChI=1S/C31H35N5O3/c1-3-6-28-27(19-22-9-11-23(12-10-22)26-8-5-4-7-24(26)20-32)29(38)35(30-33-21-34-36(28)30)25-13-15-31(2,16-14-25)39-18-17-37/h4-5,7-12,21,25,37H,3,6,13-19H2,1-2H3/t25-,31-. The van der Waals surface area contributed by atoms with Crippen LogP contribution in [0, 0.1) is 11.3 Å². The number of benzene rings is 2. The van der Waals surface area contributed by atoms with Crippen LogP contribution in [-0.2, 0) is 17.6 Å². The van der Waals surface area contributed by atoms with Crippen molar-refractivity contribution in [3.8, 4) is 17.2 Å². The lowest BCUT2D eigenvalue weighted by Crippen LogP contribution is -2.39. The molecule has 8 heteroatoms. The lowest BCUT2D eigenvalue weighted by atomic mass is 9.83. The van der Waals surface area contributed by atoms with Gasteiger partial charge in [-0.1, -0.05) is 55.8 Å². The molecule has 0 spiro atoms. The first kappa shape index (κ1) is 26.8. The normalized spacial score (nSPS) is 19.3. The van der Waals surface area contributed by atoms with E-state index in [9.17, 15) is 15.2 Å². The molecule has 2 aromatic carbocycles. The van der Waals surface area contributed by atoms with E-state index in [0.717, 1.165) is 66.5 Å². The summed E-state index contributed by atoms with van der Waals surface area (Å²) in [6, 6.07) is 18.0. The van der Waals surface area contributed by atoms with E-state index in [0.29, 0.717) is 24.4 Å². The fourth-order valence-electron chi connectivity index (χ4n) is 5.82. The molecule has 8 nitrogen and oxygen atoms in total. The molecule has 0 unspecified atom stereocenters. The summed E-state index contributed by atoms with van der Waals surface area (Å²) in [7, 11) is 0. The number of aromatic nitrogens is 4. The highest BCUT2D eigenvalue weighted by molar-refractivity contribution is 5.70. The lowest BCUT2D eigenvalue weighted by molar-refractivity contribution is -0.0736. The largest absolute Gasteiger partial charge is 0.394 e. The fourth-order valence-corrected chi connectivity index (χ4v) is 5.82. The Hall–Kier alpha value is -3.80. The van der Waals surface area contributed by atoms with Crippen molar-refractivity contribution in [2.45, 2.75) is 70.4 Å². The van der Waals surface area contributed by atoms with E-state index < -0.39 is 0 Å². The van der Waals surface area contributed by atoms with E-state index in [1.54, 1.807) is 0 Å². The molecule has 0 atom stereocenters. The number of hydrogen-bond donors (Lipinski definition) is 1. The number of nitrogens with zero attached hydrogens (tertiary/aromatic N) is 5. The van der Waals surface area contributed by atoms with Crippen molar-refractivity contribution in [1.82, 2.24) is 19.2 Å². The second-order valence-corrected chi connectivity index (χ2v) is 10.6. The van der Waals surface area contributed by atoms with Gasteiger partial charge >= 0.3 is 0 Å². The Labute approximate surface area is 228 Å². The van der Waals surface area contributed by atoms with E-state index in [-0.39, 0.29) is 23.8 Å². The molecule has 2 heterocycles. The van der Waals surface area contributed by atoms with Gasteiger partial charge in [0.05, 0.1) is 36.1 Å². The quantitative estimate of drug-likeness (QED) is 0.335. The molecule has 1 N–H and O–H groups in total. The van der Waals surface area contributed by atoms with Gasteiger partial charge < -0.3 is 9.84 Å². The second-order valence-electron chi connectivity index (χ2n) is 10.6. The topological polar surface area (TPSA) is 105 Å². The molecule has 1 aliphatic rings. The lowest BCUT2D eigenvalue weighted by Gasteiger charge is -2.38. The van der Waals surface area contributed by atoms with Crippen LogP contribution in [0.15, 0.2) is 59.7 Å². The minimum Gasteiger partial charge on any atom is -0.394 e.